The van der Waals surface area contributed by atoms with Crippen molar-refractivity contribution in [1.29, 1.82) is 0 Å². The second kappa shape index (κ2) is 6.98. The minimum Gasteiger partial charge on any atom is -0.371 e. The van der Waals surface area contributed by atoms with Crippen molar-refractivity contribution in [2.75, 3.05) is 13.1 Å². The van der Waals surface area contributed by atoms with Gasteiger partial charge in [0.2, 0.25) is 5.78 Å². The smallest absolute Gasteiger partial charge is 0.207 e. The molecule has 0 bridgehead atoms. The third-order valence-electron chi connectivity index (χ3n) is 5.12. The van der Waals surface area contributed by atoms with Crippen molar-refractivity contribution >= 4 is 16.7 Å². The Labute approximate surface area is 153 Å². The lowest BCUT2D eigenvalue weighted by Crippen LogP contribution is -2.39. The Kier molecular flexibility index (Phi) is 4.53. The van der Waals surface area contributed by atoms with Gasteiger partial charge in [0.15, 0.2) is 6.23 Å². The number of aliphatic hydroxyl groups excluding tert-OH is 1. The summed E-state index contributed by atoms with van der Waals surface area (Å²) in [5.74, 6) is -0.250. The third kappa shape index (κ3) is 3.02. The number of carbonyl (C=O) groups is 1. The number of ketones is 1. The van der Waals surface area contributed by atoms with Gasteiger partial charge in [0, 0.05) is 29.6 Å². The summed E-state index contributed by atoms with van der Waals surface area (Å²) < 4.78 is 0. The number of hydrogen-bond acceptors (Lipinski definition) is 4. The van der Waals surface area contributed by atoms with Crippen molar-refractivity contribution < 1.29 is 9.90 Å². The van der Waals surface area contributed by atoms with Crippen LogP contribution in [0.5, 0.6) is 0 Å². The van der Waals surface area contributed by atoms with Gasteiger partial charge in [0.05, 0.1) is 11.2 Å². The van der Waals surface area contributed by atoms with Gasteiger partial charge in [-0.25, -0.2) is 4.98 Å². The molecular formula is C22H22N2O2. The molecule has 1 aliphatic rings. The largest absolute Gasteiger partial charge is 0.371 e. The minimum atomic E-state index is -1.09. The molecule has 132 valence electrons. The van der Waals surface area contributed by atoms with Crippen LogP contribution in [0.1, 0.15) is 28.8 Å². The molecule has 0 amide bonds. The summed E-state index contributed by atoms with van der Waals surface area (Å²) in [6.45, 7) is 3.56. The third-order valence-corrected chi connectivity index (χ3v) is 5.12. The molecule has 0 spiro atoms. The molecular weight excluding hydrogens is 324 g/mol. The standard InChI is InChI=1S/C22H22N2O2/c1-15-8-2-3-9-16(15)20-14-18(17-10-4-5-11-19(17)23-20)21(25)22(26)24-12-6-7-13-24/h2-5,8-11,14,22,26H,6-7,12-13H2,1H3. The van der Waals surface area contributed by atoms with Gasteiger partial charge >= 0.3 is 0 Å². The van der Waals surface area contributed by atoms with Crippen LogP contribution in [0.3, 0.4) is 0 Å². The van der Waals surface area contributed by atoms with Gasteiger partial charge in [0.25, 0.3) is 0 Å². The zero-order valence-corrected chi connectivity index (χ0v) is 14.9. The highest BCUT2D eigenvalue weighted by Gasteiger charge is 2.28. The normalized spacial score (nSPS) is 16.1. The van der Waals surface area contributed by atoms with Crippen LogP contribution in [-0.2, 0) is 0 Å². The van der Waals surface area contributed by atoms with Crippen molar-refractivity contribution in [3.05, 3.63) is 65.7 Å². The topological polar surface area (TPSA) is 53.4 Å². The lowest BCUT2D eigenvalue weighted by molar-refractivity contribution is 0.0219. The number of para-hydroxylation sites is 1. The molecule has 1 aromatic heterocycles. The Hall–Kier alpha value is -2.56. The van der Waals surface area contributed by atoms with Gasteiger partial charge in [-0.2, -0.15) is 0 Å². The minimum absolute atomic E-state index is 0.250. The molecule has 2 aromatic carbocycles. The lowest BCUT2D eigenvalue weighted by Gasteiger charge is -2.22. The van der Waals surface area contributed by atoms with Crippen LogP contribution < -0.4 is 0 Å². The van der Waals surface area contributed by atoms with Crippen molar-refractivity contribution in [1.82, 2.24) is 9.88 Å². The Morgan fingerprint density at radius 2 is 1.77 bits per heavy atom. The fourth-order valence-electron chi connectivity index (χ4n) is 3.67. The van der Waals surface area contributed by atoms with E-state index in [1.807, 2.05) is 66.4 Å². The molecule has 1 aliphatic heterocycles. The van der Waals surface area contributed by atoms with Gasteiger partial charge in [-0.3, -0.25) is 9.69 Å². The number of aryl methyl sites for hydroxylation is 1. The van der Waals surface area contributed by atoms with Gasteiger partial charge in [-0.05, 0) is 37.5 Å². The number of nitrogens with zero attached hydrogens (tertiary/aromatic N) is 2. The first-order valence-electron chi connectivity index (χ1n) is 9.07. The molecule has 1 saturated heterocycles. The first-order chi connectivity index (χ1) is 12.6. The highest BCUT2D eigenvalue weighted by atomic mass is 16.3. The van der Waals surface area contributed by atoms with Gasteiger partial charge in [-0.15, -0.1) is 0 Å². The van der Waals surface area contributed by atoms with Crippen molar-refractivity contribution in [2.24, 2.45) is 0 Å². The summed E-state index contributed by atoms with van der Waals surface area (Å²) in [6.07, 6.45) is 0.958. The predicted octanol–water partition coefficient (Wildman–Crippen LogP) is 3.81. The maximum atomic E-state index is 13.1. The lowest BCUT2D eigenvalue weighted by atomic mass is 9.98. The van der Waals surface area contributed by atoms with Crippen molar-refractivity contribution in [3.8, 4) is 11.3 Å². The summed E-state index contributed by atoms with van der Waals surface area (Å²) in [5, 5.41) is 11.4. The van der Waals surface area contributed by atoms with Crippen molar-refractivity contribution in [3.63, 3.8) is 0 Å². The first-order valence-corrected chi connectivity index (χ1v) is 9.07. The van der Waals surface area contributed by atoms with E-state index < -0.39 is 6.23 Å². The Balaban J connectivity index is 1.85. The molecule has 4 nitrogen and oxygen atoms in total. The summed E-state index contributed by atoms with van der Waals surface area (Å²) in [4.78, 5) is 19.7. The molecule has 3 aromatic rings. The van der Waals surface area contributed by atoms with Crippen LogP contribution in [0.25, 0.3) is 22.2 Å². The summed E-state index contributed by atoms with van der Waals surface area (Å²) in [7, 11) is 0. The summed E-state index contributed by atoms with van der Waals surface area (Å²) >= 11 is 0. The molecule has 4 heteroatoms. The molecule has 0 aliphatic carbocycles. The van der Waals surface area contributed by atoms with E-state index in [0.29, 0.717) is 5.56 Å². The first kappa shape index (κ1) is 16.9. The van der Waals surface area contributed by atoms with Crippen LogP contribution >= 0.6 is 0 Å². The SMILES string of the molecule is Cc1ccccc1-c1cc(C(=O)C(O)N2CCCC2)c2ccccc2n1. The van der Waals surface area contributed by atoms with Gasteiger partial charge in [-0.1, -0.05) is 42.5 Å². The van der Waals surface area contributed by atoms with E-state index in [1.165, 1.54) is 0 Å². The number of hydrogen-bond donors (Lipinski definition) is 1. The molecule has 2 heterocycles. The highest BCUT2D eigenvalue weighted by molar-refractivity contribution is 6.10. The molecule has 1 fully saturated rings. The second-order valence-corrected chi connectivity index (χ2v) is 6.87. The Morgan fingerprint density at radius 3 is 2.54 bits per heavy atom. The quantitative estimate of drug-likeness (QED) is 0.730. The summed E-state index contributed by atoms with van der Waals surface area (Å²) in [5.41, 5.74) is 4.17. The maximum absolute atomic E-state index is 13.1. The molecule has 1 atom stereocenters. The number of Topliss-reactive ketones (excluding diaryl/α,β-unsaturated/α-hetero) is 1. The Morgan fingerprint density at radius 1 is 1.08 bits per heavy atom. The van der Waals surface area contributed by atoms with E-state index in [9.17, 15) is 9.90 Å². The zero-order valence-electron chi connectivity index (χ0n) is 14.9. The van der Waals surface area contributed by atoms with Crippen LogP contribution in [0.15, 0.2) is 54.6 Å². The highest BCUT2D eigenvalue weighted by Crippen LogP contribution is 2.28. The number of benzene rings is 2. The van der Waals surface area contributed by atoms with E-state index in [-0.39, 0.29) is 5.78 Å². The number of aromatic nitrogens is 1. The number of likely N-dealkylation sites (tertiary alicyclic amines) is 1. The number of pyridine rings is 1. The van der Waals surface area contributed by atoms with Gasteiger partial charge < -0.3 is 5.11 Å². The summed E-state index contributed by atoms with van der Waals surface area (Å²) in [6, 6.07) is 17.5. The van der Waals surface area contributed by atoms with Crippen molar-refractivity contribution in [2.45, 2.75) is 26.0 Å². The van der Waals surface area contributed by atoms with Gasteiger partial charge in [0.1, 0.15) is 0 Å². The second-order valence-electron chi connectivity index (χ2n) is 6.87. The molecule has 26 heavy (non-hydrogen) atoms. The number of rotatable bonds is 4. The predicted molar refractivity (Wildman–Crippen MR) is 103 cm³/mol. The number of aliphatic hydroxyl groups is 1. The van der Waals surface area contributed by atoms with Crippen LogP contribution in [0, 0.1) is 6.92 Å². The maximum Gasteiger partial charge on any atom is 0.207 e. The van der Waals surface area contributed by atoms with Crippen LogP contribution in [-0.4, -0.2) is 40.1 Å². The molecule has 0 radical (unpaired) electrons. The Bertz CT molecular complexity index is 961. The number of fused-ring (bicyclic) bond motifs is 1. The fourth-order valence-corrected chi connectivity index (χ4v) is 3.67. The van der Waals surface area contributed by atoms with Crippen LogP contribution in [0.2, 0.25) is 0 Å². The molecule has 0 saturated carbocycles. The average Bonchev–Trinajstić information content (AvgIpc) is 3.21. The van der Waals surface area contributed by atoms with E-state index in [4.69, 9.17) is 4.98 Å². The van der Waals surface area contributed by atoms with E-state index in [1.54, 1.807) is 0 Å². The average molecular weight is 346 g/mol. The molecule has 1 unspecified atom stereocenters. The number of carbonyl (C=O) groups excluding carboxylic acids is 1. The van der Waals surface area contributed by atoms with E-state index in [0.717, 1.165) is 53.7 Å². The monoisotopic (exact) mass is 346 g/mol. The molecule has 4 rings (SSSR count). The fraction of sp³-hybridized carbons (Fsp3) is 0.273. The molecule has 1 N–H and O–H groups in total. The van der Waals surface area contributed by atoms with Crippen LogP contribution in [0.4, 0.5) is 0 Å². The van der Waals surface area contributed by atoms with E-state index in [2.05, 4.69) is 0 Å². The zero-order chi connectivity index (χ0) is 18.1. The van der Waals surface area contributed by atoms with E-state index >= 15 is 0 Å².